The fourth-order valence-corrected chi connectivity index (χ4v) is 3.48. The lowest BCUT2D eigenvalue weighted by molar-refractivity contribution is 0.374. The largest absolute Gasteiger partial charge is 0.447 e. The van der Waals surface area contributed by atoms with Gasteiger partial charge >= 0.3 is 0 Å². The summed E-state index contributed by atoms with van der Waals surface area (Å²) < 4.78 is 32.4. The monoisotopic (exact) mass is 272 g/mol. The minimum absolute atomic E-state index is 0.0125. The third-order valence-corrected chi connectivity index (χ3v) is 4.79. The van der Waals surface area contributed by atoms with Crippen LogP contribution in [0.15, 0.2) is 21.6 Å². The summed E-state index contributed by atoms with van der Waals surface area (Å²) in [6, 6.07) is 3.17. The Hall–Kier alpha value is -0.850. The van der Waals surface area contributed by atoms with Crippen LogP contribution in [0.2, 0.25) is 0 Å². The molecule has 1 saturated carbocycles. The molecule has 1 aromatic heterocycles. The van der Waals surface area contributed by atoms with Gasteiger partial charge in [-0.05, 0) is 51.8 Å². The van der Waals surface area contributed by atoms with E-state index in [9.17, 15) is 8.42 Å². The molecule has 1 aliphatic carbocycles. The summed E-state index contributed by atoms with van der Waals surface area (Å²) in [6.07, 6.45) is 2.16. The predicted molar refractivity (Wildman–Crippen MR) is 68.6 cm³/mol. The minimum atomic E-state index is -3.56. The molecular formula is C12H20N2O3S. The molecule has 0 unspecified atom stereocenters. The molecule has 1 aromatic rings. The van der Waals surface area contributed by atoms with E-state index in [2.05, 4.69) is 10.0 Å². The average molecular weight is 272 g/mol. The van der Waals surface area contributed by atoms with Gasteiger partial charge in [-0.2, -0.15) is 0 Å². The second-order valence-electron chi connectivity index (χ2n) is 5.35. The van der Waals surface area contributed by atoms with Crippen molar-refractivity contribution in [2.45, 2.75) is 43.9 Å². The van der Waals surface area contributed by atoms with E-state index >= 15 is 0 Å². The van der Waals surface area contributed by atoms with Crippen molar-refractivity contribution in [2.24, 2.45) is 5.92 Å². The lowest BCUT2D eigenvalue weighted by Gasteiger charge is -2.24. The third kappa shape index (κ3) is 2.93. The molecule has 1 heterocycles. The van der Waals surface area contributed by atoms with Gasteiger partial charge in [0.15, 0.2) is 0 Å². The van der Waals surface area contributed by atoms with Crippen LogP contribution in [0.3, 0.4) is 0 Å². The Kier molecular flexibility index (Phi) is 3.53. The molecule has 6 heteroatoms. The van der Waals surface area contributed by atoms with Crippen molar-refractivity contribution >= 4 is 10.0 Å². The molecule has 102 valence electrons. The van der Waals surface area contributed by atoms with Gasteiger partial charge in [-0.3, -0.25) is 0 Å². The molecule has 0 amide bonds. The molecule has 0 bridgehead atoms. The molecule has 0 spiro atoms. The maximum atomic E-state index is 12.2. The molecule has 1 fully saturated rings. The van der Waals surface area contributed by atoms with E-state index in [1.807, 2.05) is 13.8 Å². The number of hydrogen-bond donors (Lipinski definition) is 2. The van der Waals surface area contributed by atoms with Crippen molar-refractivity contribution in [1.82, 2.24) is 10.0 Å². The number of nitrogens with one attached hydrogen (secondary N) is 2. The Bertz CT molecular complexity index is 515. The second kappa shape index (κ2) is 4.68. The summed E-state index contributed by atoms with van der Waals surface area (Å²) in [4.78, 5) is 0. The topological polar surface area (TPSA) is 71.3 Å². The van der Waals surface area contributed by atoms with Crippen LogP contribution < -0.4 is 10.0 Å². The molecule has 5 nitrogen and oxygen atoms in total. The Balaban J connectivity index is 2.14. The molecule has 2 rings (SSSR count). The van der Waals surface area contributed by atoms with Crippen molar-refractivity contribution in [3.05, 3.63) is 17.9 Å². The quantitative estimate of drug-likeness (QED) is 0.822. The molecule has 18 heavy (non-hydrogen) atoms. The normalized spacial score (nSPS) is 17.1. The Morgan fingerprint density at radius 3 is 2.61 bits per heavy atom. The van der Waals surface area contributed by atoms with E-state index in [1.165, 1.54) is 6.07 Å². The van der Waals surface area contributed by atoms with Crippen molar-refractivity contribution in [3.63, 3.8) is 0 Å². The molecule has 0 radical (unpaired) electrons. The smallest absolute Gasteiger partial charge is 0.274 e. The highest BCUT2D eigenvalue weighted by molar-refractivity contribution is 7.89. The van der Waals surface area contributed by atoms with Crippen LogP contribution in [-0.2, 0) is 16.6 Å². The van der Waals surface area contributed by atoms with Gasteiger partial charge in [0.2, 0.25) is 5.09 Å². The summed E-state index contributed by atoms with van der Waals surface area (Å²) in [5.74, 6) is 1.04. The number of furan rings is 1. The maximum absolute atomic E-state index is 12.2. The highest BCUT2D eigenvalue weighted by Gasteiger charge is 2.41. The third-order valence-electron chi connectivity index (χ3n) is 3.25. The predicted octanol–water partition coefficient (Wildman–Crippen LogP) is 1.47. The Morgan fingerprint density at radius 1 is 1.39 bits per heavy atom. The molecule has 2 N–H and O–H groups in total. The van der Waals surface area contributed by atoms with Crippen molar-refractivity contribution in [2.75, 3.05) is 7.05 Å². The van der Waals surface area contributed by atoms with Crippen LogP contribution >= 0.6 is 0 Å². The van der Waals surface area contributed by atoms with Crippen LogP contribution in [0, 0.1) is 5.92 Å². The lowest BCUT2D eigenvalue weighted by atomic mass is 10.0. The fraction of sp³-hybridized carbons (Fsp3) is 0.667. The van der Waals surface area contributed by atoms with Gasteiger partial charge in [0.1, 0.15) is 5.76 Å². The lowest BCUT2D eigenvalue weighted by Crippen LogP contribution is -2.44. The van der Waals surface area contributed by atoms with Gasteiger partial charge in [-0.25, -0.2) is 13.1 Å². The van der Waals surface area contributed by atoms with E-state index in [4.69, 9.17) is 4.42 Å². The summed E-state index contributed by atoms with van der Waals surface area (Å²) in [7, 11) is -1.78. The average Bonchev–Trinajstić information content (AvgIpc) is 2.99. The molecular weight excluding hydrogens is 252 g/mol. The number of hydrogen-bond acceptors (Lipinski definition) is 4. The zero-order chi connectivity index (χ0) is 13.4. The van der Waals surface area contributed by atoms with E-state index in [-0.39, 0.29) is 5.09 Å². The van der Waals surface area contributed by atoms with Gasteiger partial charge in [0, 0.05) is 5.54 Å². The summed E-state index contributed by atoms with van der Waals surface area (Å²) in [6.45, 7) is 4.35. The van der Waals surface area contributed by atoms with E-state index in [0.717, 1.165) is 12.8 Å². The standard InChI is InChI=1S/C12H20N2O3S/c1-12(2,9-4-5-9)14-18(15,16)11-7-6-10(17-11)8-13-3/h6-7,9,13-14H,4-5,8H2,1-3H3. The first kappa shape index (κ1) is 13.6. The van der Waals surface area contributed by atoms with Gasteiger partial charge < -0.3 is 9.73 Å². The molecule has 0 aliphatic heterocycles. The van der Waals surface area contributed by atoms with Crippen LogP contribution in [0.5, 0.6) is 0 Å². The van der Waals surface area contributed by atoms with E-state index in [0.29, 0.717) is 18.2 Å². The Morgan fingerprint density at radius 2 is 2.06 bits per heavy atom. The van der Waals surface area contributed by atoms with Gasteiger partial charge in [-0.1, -0.05) is 0 Å². The molecule has 0 aromatic carbocycles. The van der Waals surface area contributed by atoms with Gasteiger partial charge in [-0.15, -0.1) is 0 Å². The van der Waals surface area contributed by atoms with Gasteiger partial charge in [0.05, 0.1) is 6.54 Å². The van der Waals surface area contributed by atoms with Crippen molar-refractivity contribution in [1.29, 1.82) is 0 Å². The van der Waals surface area contributed by atoms with Gasteiger partial charge in [0.25, 0.3) is 10.0 Å². The maximum Gasteiger partial charge on any atom is 0.274 e. The van der Waals surface area contributed by atoms with Crippen LogP contribution in [0.4, 0.5) is 0 Å². The fourth-order valence-electron chi connectivity index (χ4n) is 2.06. The highest BCUT2D eigenvalue weighted by Crippen LogP contribution is 2.39. The van der Waals surface area contributed by atoms with Crippen molar-refractivity contribution in [3.8, 4) is 0 Å². The summed E-state index contributed by atoms with van der Waals surface area (Å²) >= 11 is 0. The van der Waals surface area contributed by atoms with E-state index < -0.39 is 15.6 Å². The SMILES string of the molecule is CNCc1ccc(S(=O)(=O)NC(C)(C)C2CC2)o1. The first-order valence-electron chi connectivity index (χ1n) is 6.12. The summed E-state index contributed by atoms with van der Waals surface area (Å²) in [5, 5.41) is 2.90. The van der Waals surface area contributed by atoms with E-state index in [1.54, 1.807) is 13.1 Å². The highest BCUT2D eigenvalue weighted by atomic mass is 32.2. The molecule has 0 saturated heterocycles. The van der Waals surface area contributed by atoms with Crippen LogP contribution in [0.25, 0.3) is 0 Å². The zero-order valence-electron chi connectivity index (χ0n) is 11.0. The Labute approximate surface area is 108 Å². The zero-order valence-corrected chi connectivity index (χ0v) is 11.8. The molecule has 1 aliphatic rings. The van der Waals surface area contributed by atoms with Crippen molar-refractivity contribution < 1.29 is 12.8 Å². The first-order valence-corrected chi connectivity index (χ1v) is 7.61. The second-order valence-corrected chi connectivity index (χ2v) is 6.97. The minimum Gasteiger partial charge on any atom is -0.447 e. The number of rotatable bonds is 6. The summed E-state index contributed by atoms with van der Waals surface area (Å²) in [5.41, 5.74) is -0.408. The van der Waals surface area contributed by atoms with Crippen LogP contribution in [-0.4, -0.2) is 21.0 Å². The molecule has 0 atom stereocenters. The van der Waals surface area contributed by atoms with Crippen LogP contribution in [0.1, 0.15) is 32.4 Å². The first-order chi connectivity index (χ1) is 8.35. The number of sulfonamides is 1.